The molecule has 0 aromatic heterocycles. The number of carbonyl (C=O) groups excluding carboxylic acids is 2. The summed E-state index contributed by atoms with van der Waals surface area (Å²) in [7, 11) is 2.18. The second-order valence-corrected chi connectivity index (χ2v) is 9.41. The largest absolute Gasteiger partial charge is 0.547 e. The number of hydrogen-bond acceptors (Lipinski definition) is 6. The van der Waals surface area contributed by atoms with E-state index in [1.54, 1.807) is 12.1 Å². The first-order chi connectivity index (χ1) is 14.9. The number of benzene rings is 1. The Morgan fingerprint density at radius 2 is 2.09 bits per heavy atom. The van der Waals surface area contributed by atoms with E-state index >= 15 is 0 Å². The number of piperidine rings is 1. The molecule has 2 aliphatic carbocycles. The summed E-state index contributed by atoms with van der Waals surface area (Å²) in [4.78, 5) is 21.1. The zero-order chi connectivity index (χ0) is 23.9. The summed E-state index contributed by atoms with van der Waals surface area (Å²) >= 11 is 0. The number of amides is 1. The van der Waals surface area contributed by atoms with Crippen LogP contribution in [0.25, 0.3) is 0 Å². The minimum Gasteiger partial charge on any atom is -0.547 e. The first-order valence-electron chi connectivity index (χ1n) is 10.8. The van der Waals surface area contributed by atoms with Gasteiger partial charge in [-0.2, -0.15) is 0 Å². The third-order valence-corrected chi connectivity index (χ3v) is 7.42. The number of primary amides is 1. The molecule has 1 heterocycles. The van der Waals surface area contributed by atoms with Gasteiger partial charge in [0.2, 0.25) is 5.91 Å². The molecular weight excluding hydrogens is 412 g/mol. The highest BCUT2D eigenvalue weighted by Crippen LogP contribution is 2.57. The second-order valence-electron chi connectivity index (χ2n) is 9.41. The second kappa shape index (κ2) is 8.44. The summed E-state index contributed by atoms with van der Waals surface area (Å²) in [6.07, 6.45) is 5.42. The van der Waals surface area contributed by atoms with Crippen LogP contribution in [0, 0.1) is 0 Å². The molecule has 3 aliphatic rings. The van der Waals surface area contributed by atoms with Gasteiger partial charge in [0.1, 0.15) is 11.6 Å². The number of rotatable bonds is 4. The van der Waals surface area contributed by atoms with Gasteiger partial charge in [-0.1, -0.05) is 18.7 Å². The summed E-state index contributed by atoms with van der Waals surface area (Å²) in [6.45, 7) is 6.72. The molecular formula is C24H32N2O6. The van der Waals surface area contributed by atoms with Crippen LogP contribution in [-0.4, -0.2) is 75.7 Å². The summed E-state index contributed by atoms with van der Waals surface area (Å²) in [6, 6.07) is 5.56. The first-order valence-corrected chi connectivity index (χ1v) is 10.8. The number of nitrogens with zero attached hydrogens (tertiary/aromatic N) is 1. The number of carboxylic acids is 1. The molecule has 0 radical (unpaired) electrons. The molecule has 2 bridgehead atoms. The van der Waals surface area contributed by atoms with E-state index in [1.165, 1.54) is 0 Å². The average molecular weight is 445 g/mol. The topological polar surface area (TPSA) is 144 Å². The van der Waals surface area contributed by atoms with Gasteiger partial charge in [0.15, 0.2) is 0 Å². The van der Waals surface area contributed by atoms with Gasteiger partial charge >= 0.3 is 0 Å². The van der Waals surface area contributed by atoms with E-state index in [4.69, 9.17) is 10.8 Å². The van der Waals surface area contributed by atoms with E-state index < -0.39 is 35.1 Å². The van der Waals surface area contributed by atoms with Crippen LogP contribution in [0.4, 0.5) is 0 Å². The third-order valence-electron chi connectivity index (χ3n) is 7.42. The lowest BCUT2D eigenvalue weighted by atomic mass is 9.50. The molecule has 1 amide bonds. The number of hydrogen-bond donors (Lipinski definition) is 4. The standard InChI is InChI=1S/C21H26N2O3.C3H6O3/c1-3-9-23(2)10-8-20-13-16(24)6-7-21(20,26)18(23)12-14-4-5-15(19(22)25)11-17(14)20;1-2(4)3(5)6/h3-7,11,16,18,24,26H,1,8-10,12-13H2,2H3,(H-,22,25);2,4H,1H3,(H,5,6)/t16?,18-,20-,21-,23?;/m1./s1. The lowest BCUT2D eigenvalue weighted by molar-refractivity contribution is -0.942. The normalized spacial score (nSPS) is 35.4. The van der Waals surface area contributed by atoms with E-state index in [0.717, 1.165) is 48.5 Å². The molecule has 1 aromatic carbocycles. The van der Waals surface area contributed by atoms with Crippen LogP contribution in [0.1, 0.15) is 41.3 Å². The Morgan fingerprint density at radius 1 is 1.44 bits per heavy atom. The van der Waals surface area contributed by atoms with Crippen LogP contribution in [0.3, 0.4) is 0 Å². The van der Waals surface area contributed by atoms with Crippen LogP contribution >= 0.6 is 0 Å². The Kier molecular flexibility index (Phi) is 6.36. The number of carbonyl (C=O) groups is 2. The molecule has 3 unspecified atom stereocenters. The van der Waals surface area contributed by atoms with Gasteiger partial charge in [-0.25, -0.2) is 0 Å². The van der Waals surface area contributed by atoms with Crippen LogP contribution in [0.5, 0.6) is 0 Å². The van der Waals surface area contributed by atoms with Crippen LogP contribution < -0.4 is 10.8 Å². The van der Waals surface area contributed by atoms with Gasteiger partial charge in [-0.15, -0.1) is 0 Å². The summed E-state index contributed by atoms with van der Waals surface area (Å²) < 4.78 is 0.721. The zero-order valence-corrected chi connectivity index (χ0v) is 18.5. The lowest BCUT2D eigenvalue weighted by Gasteiger charge is -2.64. The number of fused-ring (bicyclic) bond motifs is 1. The summed E-state index contributed by atoms with van der Waals surface area (Å²) in [5.74, 6) is -1.90. The Labute approximate surface area is 187 Å². The molecule has 1 fully saturated rings. The molecule has 32 heavy (non-hydrogen) atoms. The highest BCUT2D eigenvalue weighted by atomic mass is 16.4. The maximum absolute atomic E-state index is 12.0. The molecule has 1 saturated heterocycles. The number of aliphatic hydroxyl groups is 3. The van der Waals surface area contributed by atoms with Gasteiger partial charge in [0.05, 0.1) is 38.3 Å². The Hall–Kier alpha value is -2.52. The monoisotopic (exact) mass is 444 g/mol. The number of likely N-dealkylation sites (N-methyl/N-ethyl adjacent to an activating group) is 1. The minimum atomic E-state index is -1.44. The predicted molar refractivity (Wildman–Crippen MR) is 116 cm³/mol. The minimum absolute atomic E-state index is 0.0232. The van der Waals surface area contributed by atoms with E-state index in [1.807, 2.05) is 24.3 Å². The SMILES string of the molecule is C=CC[N+]1(C)CC[C@]23CC(O)C=C[C@@]2(O)[C@H]1Cc1ccc(C(N)=O)cc13.CC(O)C(=O)[O-]. The van der Waals surface area contributed by atoms with Gasteiger partial charge < -0.3 is 35.4 Å². The van der Waals surface area contributed by atoms with Gasteiger partial charge in [0, 0.05) is 23.8 Å². The number of aliphatic hydroxyl groups excluding tert-OH is 2. The fourth-order valence-corrected chi connectivity index (χ4v) is 5.73. The number of nitrogens with two attached hydrogens (primary N) is 1. The Bertz CT molecular complexity index is 960. The number of likely N-dealkylation sites (tertiary alicyclic amines) is 1. The molecule has 1 aliphatic heterocycles. The summed E-state index contributed by atoms with van der Waals surface area (Å²) in [5, 5.41) is 39.7. The smallest absolute Gasteiger partial charge is 0.248 e. The van der Waals surface area contributed by atoms with Crippen molar-refractivity contribution in [1.29, 1.82) is 0 Å². The van der Waals surface area contributed by atoms with Crippen LogP contribution in [-0.2, 0) is 16.6 Å². The van der Waals surface area contributed by atoms with Gasteiger partial charge in [0.25, 0.3) is 0 Å². The van der Waals surface area contributed by atoms with Crippen molar-refractivity contribution in [2.75, 3.05) is 20.1 Å². The number of aliphatic carboxylic acids is 1. The Balaban J connectivity index is 0.000000427. The summed E-state index contributed by atoms with van der Waals surface area (Å²) in [5.41, 5.74) is 6.41. The maximum atomic E-state index is 12.0. The number of quaternary nitrogens is 1. The first kappa shape index (κ1) is 24.1. The lowest BCUT2D eigenvalue weighted by Crippen LogP contribution is -2.77. The van der Waals surface area contributed by atoms with Crippen molar-refractivity contribution in [3.8, 4) is 0 Å². The zero-order valence-electron chi connectivity index (χ0n) is 18.5. The van der Waals surface area contributed by atoms with Gasteiger partial charge in [-0.05, 0) is 48.8 Å². The fourth-order valence-electron chi connectivity index (χ4n) is 5.73. The highest BCUT2D eigenvalue weighted by molar-refractivity contribution is 5.93. The molecule has 8 nitrogen and oxygen atoms in total. The van der Waals surface area contributed by atoms with E-state index in [-0.39, 0.29) is 6.04 Å². The van der Waals surface area contributed by atoms with Crippen molar-refractivity contribution >= 4 is 11.9 Å². The molecule has 174 valence electrons. The van der Waals surface area contributed by atoms with Crippen molar-refractivity contribution in [2.45, 2.75) is 55.5 Å². The fraction of sp³-hybridized carbons (Fsp3) is 0.500. The van der Waals surface area contributed by atoms with Crippen LogP contribution in [0.2, 0.25) is 0 Å². The van der Waals surface area contributed by atoms with E-state index in [0.29, 0.717) is 12.0 Å². The van der Waals surface area contributed by atoms with Crippen LogP contribution in [0.15, 0.2) is 43.0 Å². The van der Waals surface area contributed by atoms with Gasteiger partial charge in [-0.3, -0.25) is 4.79 Å². The molecule has 4 rings (SSSR count). The molecule has 0 spiro atoms. The molecule has 1 aromatic rings. The third kappa shape index (κ3) is 3.77. The van der Waals surface area contributed by atoms with E-state index in [2.05, 4.69) is 13.6 Å². The molecule has 5 N–H and O–H groups in total. The maximum Gasteiger partial charge on any atom is 0.248 e. The van der Waals surface area contributed by atoms with Crippen molar-refractivity contribution in [3.63, 3.8) is 0 Å². The molecule has 0 saturated carbocycles. The number of carboxylic acid groups (broad SMARTS) is 1. The molecule has 8 heteroatoms. The van der Waals surface area contributed by atoms with E-state index in [9.17, 15) is 24.9 Å². The predicted octanol–water partition coefficient (Wildman–Crippen LogP) is -0.847. The molecule has 6 atom stereocenters. The quantitative estimate of drug-likeness (QED) is 0.352. The Morgan fingerprint density at radius 3 is 2.66 bits per heavy atom. The van der Waals surface area contributed by atoms with Crippen molar-refractivity contribution in [1.82, 2.24) is 0 Å². The van der Waals surface area contributed by atoms with Crippen molar-refractivity contribution < 1.29 is 34.5 Å². The average Bonchev–Trinajstić information content (AvgIpc) is 2.72. The van der Waals surface area contributed by atoms with Crippen molar-refractivity contribution in [2.24, 2.45) is 5.73 Å². The highest BCUT2D eigenvalue weighted by Gasteiger charge is 2.67. The van der Waals surface area contributed by atoms with Crippen molar-refractivity contribution in [3.05, 3.63) is 59.7 Å².